The van der Waals surface area contributed by atoms with Gasteiger partial charge in [0.15, 0.2) is 0 Å². The fourth-order valence-corrected chi connectivity index (χ4v) is 2.95. The van der Waals surface area contributed by atoms with Crippen LogP contribution in [-0.2, 0) is 4.79 Å². The van der Waals surface area contributed by atoms with Crippen molar-refractivity contribution in [2.24, 2.45) is 16.6 Å². The molecule has 1 amide bonds. The van der Waals surface area contributed by atoms with Crippen LogP contribution in [-0.4, -0.2) is 30.9 Å². The van der Waals surface area contributed by atoms with Crippen LogP contribution in [0, 0.1) is 10.8 Å². The number of carbonyl (C=O) groups excluding carboxylic acids is 1. The first kappa shape index (κ1) is 14.5. The molecule has 100 valence electrons. The van der Waals surface area contributed by atoms with Crippen LogP contribution in [0.2, 0.25) is 0 Å². The Morgan fingerprint density at radius 1 is 1.35 bits per heavy atom. The minimum Gasteiger partial charge on any atom is -0.345 e. The molecule has 0 atom stereocenters. The lowest BCUT2D eigenvalue weighted by molar-refractivity contribution is -0.142. The van der Waals surface area contributed by atoms with E-state index in [0.717, 1.165) is 25.8 Å². The third-order valence-corrected chi connectivity index (χ3v) is 4.26. The Kier molecular flexibility index (Phi) is 4.59. The van der Waals surface area contributed by atoms with Crippen molar-refractivity contribution in [3.8, 4) is 0 Å². The van der Waals surface area contributed by atoms with Gasteiger partial charge in [0.1, 0.15) is 0 Å². The summed E-state index contributed by atoms with van der Waals surface area (Å²) in [6, 6.07) is 0. The Morgan fingerprint density at radius 2 is 1.88 bits per heavy atom. The number of nitrogens with zero attached hydrogens (tertiary/aromatic N) is 1. The van der Waals surface area contributed by atoms with Crippen LogP contribution in [0.4, 0.5) is 0 Å². The standard InChI is InChI=1S/C14H28N2O/c1-5-14(8-6-7-9-14)12(17)16(4)11-13(2,3)10-15/h5-11,15H2,1-4H3. The average Bonchev–Trinajstić information content (AvgIpc) is 2.77. The highest BCUT2D eigenvalue weighted by molar-refractivity contribution is 5.82. The molecule has 0 heterocycles. The molecular formula is C14H28N2O. The maximum absolute atomic E-state index is 12.6. The second-order valence-electron chi connectivity index (χ2n) is 6.37. The highest BCUT2D eigenvalue weighted by Crippen LogP contribution is 2.42. The largest absolute Gasteiger partial charge is 0.345 e. The lowest BCUT2D eigenvalue weighted by Gasteiger charge is -2.35. The van der Waals surface area contributed by atoms with Crippen molar-refractivity contribution in [1.29, 1.82) is 0 Å². The summed E-state index contributed by atoms with van der Waals surface area (Å²) in [6.45, 7) is 7.74. The normalized spacial score (nSPS) is 19.4. The van der Waals surface area contributed by atoms with Gasteiger partial charge >= 0.3 is 0 Å². The monoisotopic (exact) mass is 240 g/mol. The topological polar surface area (TPSA) is 46.3 Å². The van der Waals surface area contributed by atoms with Gasteiger partial charge in [0.25, 0.3) is 0 Å². The highest BCUT2D eigenvalue weighted by atomic mass is 16.2. The van der Waals surface area contributed by atoms with Gasteiger partial charge in [-0.3, -0.25) is 4.79 Å². The minimum atomic E-state index is -0.0700. The van der Waals surface area contributed by atoms with E-state index >= 15 is 0 Å². The van der Waals surface area contributed by atoms with Crippen LogP contribution < -0.4 is 5.73 Å². The Bertz CT molecular complexity index is 267. The number of amides is 1. The predicted octanol–water partition coefficient (Wildman–Crippen LogP) is 2.40. The molecular weight excluding hydrogens is 212 g/mol. The molecule has 0 aromatic carbocycles. The van der Waals surface area contributed by atoms with Crippen molar-refractivity contribution < 1.29 is 4.79 Å². The van der Waals surface area contributed by atoms with Gasteiger partial charge < -0.3 is 10.6 Å². The first-order chi connectivity index (χ1) is 7.87. The molecule has 1 aliphatic carbocycles. The van der Waals surface area contributed by atoms with Gasteiger partial charge in [-0.15, -0.1) is 0 Å². The van der Waals surface area contributed by atoms with E-state index in [-0.39, 0.29) is 10.8 Å². The van der Waals surface area contributed by atoms with Gasteiger partial charge in [0.2, 0.25) is 5.91 Å². The fraction of sp³-hybridized carbons (Fsp3) is 0.929. The van der Waals surface area contributed by atoms with Gasteiger partial charge in [-0.25, -0.2) is 0 Å². The Morgan fingerprint density at radius 3 is 2.29 bits per heavy atom. The van der Waals surface area contributed by atoms with E-state index in [0.29, 0.717) is 12.5 Å². The first-order valence-electron chi connectivity index (χ1n) is 6.82. The van der Waals surface area contributed by atoms with Crippen molar-refractivity contribution in [2.45, 2.75) is 52.9 Å². The molecule has 17 heavy (non-hydrogen) atoms. The molecule has 0 spiro atoms. The molecule has 1 saturated carbocycles. The van der Waals surface area contributed by atoms with E-state index in [4.69, 9.17) is 5.73 Å². The number of hydrogen-bond acceptors (Lipinski definition) is 2. The van der Waals surface area contributed by atoms with Crippen LogP contribution in [0.1, 0.15) is 52.9 Å². The van der Waals surface area contributed by atoms with Gasteiger partial charge in [-0.05, 0) is 31.2 Å². The maximum Gasteiger partial charge on any atom is 0.228 e. The molecule has 0 unspecified atom stereocenters. The molecule has 0 bridgehead atoms. The van der Waals surface area contributed by atoms with Crippen molar-refractivity contribution in [1.82, 2.24) is 4.90 Å². The van der Waals surface area contributed by atoms with Gasteiger partial charge in [-0.2, -0.15) is 0 Å². The van der Waals surface area contributed by atoms with Gasteiger partial charge in [-0.1, -0.05) is 33.6 Å². The van der Waals surface area contributed by atoms with E-state index in [1.54, 1.807) is 0 Å². The number of carbonyl (C=O) groups is 1. The molecule has 1 fully saturated rings. The predicted molar refractivity (Wildman–Crippen MR) is 71.7 cm³/mol. The smallest absolute Gasteiger partial charge is 0.228 e. The van der Waals surface area contributed by atoms with Crippen LogP contribution in [0.3, 0.4) is 0 Å². The Balaban J connectivity index is 2.68. The molecule has 1 aliphatic rings. The summed E-state index contributed by atoms with van der Waals surface area (Å²) in [5, 5.41) is 0. The molecule has 0 aromatic rings. The van der Waals surface area contributed by atoms with E-state index in [2.05, 4.69) is 20.8 Å². The summed E-state index contributed by atoms with van der Waals surface area (Å²) in [6.07, 6.45) is 5.51. The number of hydrogen-bond donors (Lipinski definition) is 1. The molecule has 0 aliphatic heterocycles. The Hall–Kier alpha value is -0.570. The van der Waals surface area contributed by atoms with Crippen LogP contribution in [0.5, 0.6) is 0 Å². The summed E-state index contributed by atoms with van der Waals surface area (Å²) >= 11 is 0. The number of rotatable bonds is 5. The molecule has 0 aromatic heterocycles. The average molecular weight is 240 g/mol. The van der Waals surface area contributed by atoms with Crippen LogP contribution in [0.25, 0.3) is 0 Å². The minimum absolute atomic E-state index is 0.0119. The van der Waals surface area contributed by atoms with Crippen molar-refractivity contribution in [3.05, 3.63) is 0 Å². The van der Waals surface area contributed by atoms with Crippen LogP contribution >= 0.6 is 0 Å². The molecule has 2 N–H and O–H groups in total. The number of nitrogens with two attached hydrogens (primary N) is 1. The van der Waals surface area contributed by atoms with Gasteiger partial charge in [0, 0.05) is 19.0 Å². The quantitative estimate of drug-likeness (QED) is 0.802. The molecule has 0 saturated heterocycles. The second-order valence-corrected chi connectivity index (χ2v) is 6.37. The first-order valence-corrected chi connectivity index (χ1v) is 6.82. The SMILES string of the molecule is CCC1(C(=O)N(C)CC(C)(C)CN)CCCC1. The van der Waals surface area contributed by atoms with Crippen molar-refractivity contribution in [3.63, 3.8) is 0 Å². The van der Waals surface area contributed by atoms with E-state index in [9.17, 15) is 4.79 Å². The van der Waals surface area contributed by atoms with Crippen molar-refractivity contribution >= 4 is 5.91 Å². The zero-order valence-electron chi connectivity index (χ0n) is 11.9. The molecule has 1 rings (SSSR count). The second kappa shape index (κ2) is 5.38. The van der Waals surface area contributed by atoms with Crippen molar-refractivity contribution in [2.75, 3.05) is 20.1 Å². The summed E-state index contributed by atoms with van der Waals surface area (Å²) in [5.74, 6) is 0.332. The lowest BCUT2D eigenvalue weighted by atomic mass is 9.81. The fourth-order valence-electron chi connectivity index (χ4n) is 2.95. The zero-order chi connectivity index (χ0) is 13.1. The van der Waals surface area contributed by atoms with E-state index < -0.39 is 0 Å². The van der Waals surface area contributed by atoms with E-state index in [1.165, 1.54) is 12.8 Å². The summed E-state index contributed by atoms with van der Waals surface area (Å²) < 4.78 is 0. The summed E-state index contributed by atoms with van der Waals surface area (Å²) in [5.41, 5.74) is 5.68. The molecule has 0 radical (unpaired) electrons. The van der Waals surface area contributed by atoms with Crippen LogP contribution in [0.15, 0.2) is 0 Å². The molecule has 3 nitrogen and oxygen atoms in total. The van der Waals surface area contributed by atoms with Gasteiger partial charge in [0.05, 0.1) is 0 Å². The Labute approximate surface area is 106 Å². The lowest BCUT2D eigenvalue weighted by Crippen LogP contribution is -2.45. The third-order valence-electron chi connectivity index (χ3n) is 4.26. The summed E-state index contributed by atoms with van der Waals surface area (Å²) in [4.78, 5) is 14.5. The third kappa shape index (κ3) is 3.21. The molecule has 3 heteroatoms. The van der Waals surface area contributed by atoms with E-state index in [1.807, 2.05) is 11.9 Å². The zero-order valence-corrected chi connectivity index (χ0v) is 11.9. The summed E-state index contributed by atoms with van der Waals surface area (Å²) in [7, 11) is 1.93. The highest BCUT2D eigenvalue weighted by Gasteiger charge is 2.41. The maximum atomic E-state index is 12.6.